The maximum Gasteiger partial charge on any atom is 0.0687 e. The van der Waals surface area contributed by atoms with Crippen LogP contribution in [-0.4, -0.2) is 13.2 Å². The molecule has 1 saturated heterocycles. The molecule has 0 radical (unpaired) electrons. The minimum absolute atomic E-state index is 0.395. The molecule has 1 aliphatic heterocycles. The maximum absolute atomic E-state index is 5.42. The monoisotopic (exact) mass is 200 g/mol. The highest BCUT2D eigenvalue weighted by atomic mass is 16.5. The van der Waals surface area contributed by atoms with Gasteiger partial charge in [0.1, 0.15) is 0 Å². The number of hydrogen-bond donors (Lipinski definition) is 0. The minimum atomic E-state index is 0.395. The summed E-state index contributed by atoms with van der Waals surface area (Å²) in [4.78, 5) is 0. The quantitative estimate of drug-likeness (QED) is 0.666. The number of benzene rings is 1. The molecule has 1 aromatic carbocycles. The van der Waals surface area contributed by atoms with Gasteiger partial charge in [-0.05, 0) is 18.1 Å². The zero-order valence-corrected chi connectivity index (χ0v) is 9.07. The van der Waals surface area contributed by atoms with E-state index in [9.17, 15) is 0 Å². The summed E-state index contributed by atoms with van der Waals surface area (Å²) in [6.07, 6.45) is 4.17. The average Bonchev–Trinajstić information content (AvgIpc) is 2.69. The van der Waals surface area contributed by atoms with Gasteiger partial charge in [-0.3, -0.25) is 0 Å². The fraction of sp³-hybridized carbons (Fsp3) is 0.286. The van der Waals surface area contributed by atoms with Crippen LogP contribution < -0.4 is 0 Å². The largest absolute Gasteiger partial charge is 0.376 e. The Labute approximate surface area is 91.1 Å². The first-order chi connectivity index (χ1) is 7.29. The molecule has 1 atom stereocenters. The molecule has 1 aliphatic rings. The van der Waals surface area contributed by atoms with E-state index in [0.29, 0.717) is 5.92 Å². The predicted octanol–water partition coefficient (Wildman–Crippen LogP) is 3.21. The second-order valence-electron chi connectivity index (χ2n) is 3.99. The molecule has 0 saturated carbocycles. The normalized spacial score (nSPS) is 23.3. The van der Waals surface area contributed by atoms with Gasteiger partial charge >= 0.3 is 0 Å². The predicted molar refractivity (Wildman–Crippen MR) is 63.7 cm³/mol. The molecule has 1 unspecified atom stereocenters. The maximum atomic E-state index is 5.42. The van der Waals surface area contributed by atoms with Crippen molar-refractivity contribution < 1.29 is 4.74 Å². The SMILES string of the molecule is C=CC1COC/C1=C/c1ccc(C)cc1. The lowest BCUT2D eigenvalue weighted by Crippen LogP contribution is -1.96. The van der Waals surface area contributed by atoms with E-state index in [2.05, 4.69) is 43.8 Å². The van der Waals surface area contributed by atoms with Crippen molar-refractivity contribution >= 4 is 6.08 Å². The van der Waals surface area contributed by atoms with Crippen molar-refractivity contribution in [3.05, 3.63) is 53.6 Å². The van der Waals surface area contributed by atoms with Crippen LogP contribution in [0.4, 0.5) is 0 Å². The summed E-state index contributed by atoms with van der Waals surface area (Å²) in [6, 6.07) is 8.54. The van der Waals surface area contributed by atoms with Crippen LogP contribution in [-0.2, 0) is 4.74 Å². The van der Waals surface area contributed by atoms with Crippen LogP contribution in [0.15, 0.2) is 42.5 Å². The van der Waals surface area contributed by atoms with E-state index in [1.54, 1.807) is 0 Å². The number of rotatable bonds is 2. The van der Waals surface area contributed by atoms with Crippen molar-refractivity contribution in [3.8, 4) is 0 Å². The first-order valence-corrected chi connectivity index (χ1v) is 5.27. The lowest BCUT2D eigenvalue weighted by Gasteiger charge is -2.03. The summed E-state index contributed by atoms with van der Waals surface area (Å²) < 4.78 is 5.42. The Bertz CT molecular complexity index is 373. The Balaban J connectivity index is 2.22. The lowest BCUT2D eigenvalue weighted by atomic mass is 10.00. The fourth-order valence-corrected chi connectivity index (χ4v) is 1.76. The highest BCUT2D eigenvalue weighted by Gasteiger charge is 2.17. The van der Waals surface area contributed by atoms with Gasteiger partial charge in [0.15, 0.2) is 0 Å². The Morgan fingerprint density at radius 3 is 2.73 bits per heavy atom. The summed E-state index contributed by atoms with van der Waals surface area (Å²) >= 11 is 0. The van der Waals surface area contributed by atoms with Crippen LogP contribution in [0.25, 0.3) is 6.08 Å². The molecule has 1 heteroatoms. The van der Waals surface area contributed by atoms with Crippen molar-refractivity contribution in [2.24, 2.45) is 5.92 Å². The van der Waals surface area contributed by atoms with E-state index in [-0.39, 0.29) is 0 Å². The molecular weight excluding hydrogens is 184 g/mol. The van der Waals surface area contributed by atoms with E-state index >= 15 is 0 Å². The van der Waals surface area contributed by atoms with Crippen LogP contribution in [0.5, 0.6) is 0 Å². The molecular formula is C14H16O. The molecule has 1 heterocycles. The first kappa shape index (κ1) is 10.2. The van der Waals surface area contributed by atoms with Gasteiger partial charge in [0.25, 0.3) is 0 Å². The first-order valence-electron chi connectivity index (χ1n) is 5.27. The Hall–Kier alpha value is -1.34. The molecule has 1 fully saturated rings. The van der Waals surface area contributed by atoms with Gasteiger partial charge < -0.3 is 4.74 Å². The Morgan fingerprint density at radius 1 is 1.33 bits per heavy atom. The highest BCUT2D eigenvalue weighted by molar-refractivity contribution is 5.55. The molecule has 15 heavy (non-hydrogen) atoms. The van der Waals surface area contributed by atoms with E-state index in [1.807, 2.05) is 6.08 Å². The third-order valence-corrected chi connectivity index (χ3v) is 2.76. The Morgan fingerprint density at radius 2 is 2.07 bits per heavy atom. The van der Waals surface area contributed by atoms with Gasteiger partial charge in [-0.1, -0.05) is 42.0 Å². The summed E-state index contributed by atoms with van der Waals surface area (Å²) in [5.74, 6) is 0.395. The molecule has 0 amide bonds. The zero-order valence-electron chi connectivity index (χ0n) is 9.07. The van der Waals surface area contributed by atoms with Gasteiger partial charge in [0.05, 0.1) is 13.2 Å². The molecule has 0 aromatic heterocycles. The van der Waals surface area contributed by atoms with Crippen molar-refractivity contribution in [2.75, 3.05) is 13.2 Å². The van der Waals surface area contributed by atoms with Gasteiger partial charge in [0.2, 0.25) is 0 Å². The van der Waals surface area contributed by atoms with Crippen LogP contribution in [0.3, 0.4) is 0 Å². The van der Waals surface area contributed by atoms with Crippen molar-refractivity contribution in [1.82, 2.24) is 0 Å². The van der Waals surface area contributed by atoms with E-state index in [1.165, 1.54) is 16.7 Å². The number of aryl methyl sites for hydroxylation is 1. The number of ether oxygens (including phenoxy) is 1. The van der Waals surface area contributed by atoms with Crippen molar-refractivity contribution in [2.45, 2.75) is 6.92 Å². The Kier molecular flexibility index (Phi) is 3.02. The fourth-order valence-electron chi connectivity index (χ4n) is 1.76. The van der Waals surface area contributed by atoms with Crippen LogP contribution in [0.1, 0.15) is 11.1 Å². The second kappa shape index (κ2) is 4.45. The summed E-state index contributed by atoms with van der Waals surface area (Å²) in [5, 5.41) is 0. The van der Waals surface area contributed by atoms with Crippen molar-refractivity contribution in [1.29, 1.82) is 0 Å². The molecule has 0 N–H and O–H groups in total. The molecule has 0 aliphatic carbocycles. The lowest BCUT2D eigenvalue weighted by molar-refractivity contribution is 0.195. The van der Waals surface area contributed by atoms with Gasteiger partial charge in [0, 0.05) is 5.92 Å². The van der Waals surface area contributed by atoms with Crippen molar-refractivity contribution in [3.63, 3.8) is 0 Å². The second-order valence-corrected chi connectivity index (χ2v) is 3.99. The molecule has 78 valence electrons. The molecule has 1 aromatic rings. The topological polar surface area (TPSA) is 9.23 Å². The standard InChI is InChI=1S/C14H16O/c1-3-13-9-15-10-14(13)8-12-6-4-11(2)5-7-12/h3-8,13H,1,9-10H2,2H3/b14-8-. The zero-order chi connectivity index (χ0) is 10.7. The molecule has 0 bridgehead atoms. The van der Waals surface area contributed by atoms with Crippen LogP contribution >= 0.6 is 0 Å². The van der Waals surface area contributed by atoms with Gasteiger partial charge in [-0.2, -0.15) is 0 Å². The number of hydrogen-bond acceptors (Lipinski definition) is 1. The van der Waals surface area contributed by atoms with Gasteiger partial charge in [-0.15, -0.1) is 6.58 Å². The third kappa shape index (κ3) is 2.37. The van der Waals surface area contributed by atoms with Crippen LogP contribution in [0, 0.1) is 12.8 Å². The van der Waals surface area contributed by atoms with E-state index in [0.717, 1.165) is 13.2 Å². The van der Waals surface area contributed by atoms with E-state index < -0.39 is 0 Å². The van der Waals surface area contributed by atoms with E-state index in [4.69, 9.17) is 4.74 Å². The van der Waals surface area contributed by atoms with Crippen LogP contribution in [0.2, 0.25) is 0 Å². The summed E-state index contributed by atoms with van der Waals surface area (Å²) in [5.41, 5.74) is 3.86. The molecule has 1 nitrogen and oxygen atoms in total. The minimum Gasteiger partial charge on any atom is -0.376 e. The summed E-state index contributed by atoms with van der Waals surface area (Å²) in [6.45, 7) is 7.45. The molecule has 2 rings (SSSR count). The van der Waals surface area contributed by atoms with Gasteiger partial charge in [-0.25, -0.2) is 0 Å². The highest BCUT2D eigenvalue weighted by Crippen LogP contribution is 2.23. The summed E-state index contributed by atoms with van der Waals surface area (Å²) in [7, 11) is 0. The third-order valence-electron chi connectivity index (χ3n) is 2.76. The average molecular weight is 200 g/mol. The molecule has 0 spiro atoms. The smallest absolute Gasteiger partial charge is 0.0687 e.